The zero-order chi connectivity index (χ0) is 16.3. The molecule has 1 aromatic heterocycles. The van der Waals surface area contributed by atoms with Crippen molar-refractivity contribution in [1.82, 2.24) is 10.2 Å². The van der Waals surface area contributed by atoms with E-state index < -0.39 is 5.97 Å². The number of aliphatic carboxylic acids is 1. The lowest BCUT2D eigenvalue weighted by molar-refractivity contribution is -0.131. The van der Waals surface area contributed by atoms with Crippen LogP contribution in [-0.2, 0) is 11.2 Å². The number of benzene rings is 1. The quantitative estimate of drug-likeness (QED) is 0.368. The Morgan fingerprint density at radius 3 is 2.82 bits per heavy atom. The fraction of sp³-hybridized carbons (Fsp3) is 0.154. The van der Waals surface area contributed by atoms with Gasteiger partial charge in [-0.25, -0.2) is 4.79 Å². The minimum Gasteiger partial charge on any atom is -0.506 e. The van der Waals surface area contributed by atoms with Crippen LogP contribution in [0.3, 0.4) is 0 Å². The predicted molar refractivity (Wildman–Crippen MR) is 93.7 cm³/mol. The lowest BCUT2D eigenvalue weighted by Gasteiger charge is -2.05. The Kier molecular flexibility index (Phi) is 5.87. The standard InChI is InChI=1S/C13H10BrIN2O4S/c1-2-10-16-17-13(21-10)22-9(12(19)20)4-6-3-7(14)5-8(15)11(6)18/h3-5,18H,2H2,1H3,(H,19,20)/b9-4-. The molecule has 0 aliphatic rings. The number of aromatic hydroxyl groups is 1. The Bertz CT molecular complexity index is 748. The summed E-state index contributed by atoms with van der Waals surface area (Å²) in [5.74, 6) is -0.689. The van der Waals surface area contributed by atoms with Crippen LogP contribution in [0.5, 0.6) is 5.75 Å². The predicted octanol–water partition coefficient (Wildman–Crippen LogP) is 3.92. The van der Waals surface area contributed by atoms with Crippen molar-refractivity contribution < 1.29 is 19.4 Å². The van der Waals surface area contributed by atoms with E-state index in [1.54, 1.807) is 12.1 Å². The monoisotopic (exact) mass is 496 g/mol. The molecule has 0 unspecified atom stereocenters. The highest BCUT2D eigenvalue weighted by Crippen LogP contribution is 2.33. The lowest BCUT2D eigenvalue weighted by atomic mass is 10.2. The molecule has 0 saturated heterocycles. The van der Waals surface area contributed by atoms with Crippen LogP contribution in [0.2, 0.25) is 0 Å². The van der Waals surface area contributed by atoms with Gasteiger partial charge in [-0.15, -0.1) is 10.2 Å². The van der Waals surface area contributed by atoms with E-state index in [4.69, 9.17) is 4.42 Å². The number of halogens is 2. The number of aromatic nitrogens is 2. The first-order valence-electron chi connectivity index (χ1n) is 6.04. The van der Waals surface area contributed by atoms with E-state index in [-0.39, 0.29) is 15.9 Å². The van der Waals surface area contributed by atoms with Gasteiger partial charge in [0, 0.05) is 16.5 Å². The second kappa shape index (κ2) is 7.47. The topological polar surface area (TPSA) is 96.5 Å². The number of hydrogen-bond acceptors (Lipinski definition) is 6. The molecule has 0 spiro atoms. The van der Waals surface area contributed by atoms with Crippen molar-refractivity contribution in [2.45, 2.75) is 18.6 Å². The maximum Gasteiger partial charge on any atom is 0.342 e. The first kappa shape index (κ1) is 17.3. The number of carboxylic acid groups (broad SMARTS) is 1. The molecule has 6 nitrogen and oxygen atoms in total. The van der Waals surface area contributed by atoms with E-state index in [9.17, 15) is 15.0 Å². The normalized spacial score (nSPS) is 11.7. The maximum atomic E-state index is 11.4. The average Bonchev–Trinajstić information content (AvgIpc) is 2.91. The fourth-order valence-corrected chi connectivity index (χ4v) is 3.72. The third-order valence-electron chi connectivity index (χ3n) is 2.50. The second-order valence-electron chi connectivity index (χ2n) is 4.06. The maximum absolute atomic E-state index is 11.4. The van der Waals surface area contributed by atoms with Crippen molar-refractivity contribution >= 4 is 62.3 Å². The zero-order valence-electron chi connectivity index (χ0n) is 11.2. The van der Waals surface area contributed by atoms with Crippen LogP contribution in [-0.4, -0.2) is 26.4 Å². The van der Waals surface area contributed by atoms with E-state index in [1.807, 2.05) is 29.5 Å². The molecule has 2 N–H and O–H groups in total. The second-order valence-corrected chi connectivity index (χ2v) is 7.13. The molecule has 0 atom stereocenters. The summed E-state index contributed by atoms with van der Waals surface area (Å²) < 4.78 is 6.64. The van der Waals surface area contributed by atoms with Gasteiger partial charge in [0.05, 0.1) is 3.57 Å². The van der Waals surface area contributed by atoms with Crippen LogP contribution in [0.15, 0.2) is 31.2 Å². The zero-order valence-corrected chi connectivity index (χ0v) is 15.8. The van der Waals surface area contributed by atoms with E-state index >= 15 is 0 Å². The van der Waals surface area contributed by atoms with E-state index in [2.05, 4.69) is 26.1 Å². The number of aryl methyl sites for hydroxylation is 1. The summed E-state index contributed by atoms with van der Waals surface area (Å²) in [7, 11) is 0. The largest absolute Gasteiger partial charge is 0.506 e. The third kappa shape index (κ3) is 4.23. The van der Waals surface area contributed by atoms with Crippen LogP contribution in [0.4, 0.5) is 0 Å². The number of phenolic OH excluding ortho intramolecular Hbond substituents is 1. The number of carboxylic acids is 1. The molecule has 22 heavy (non-hydrogen) atoms. The third-order valence-corrected chi connectivity index (χ3v) is 4.64. The highest BCUT2D eigenvalue weighted by Gasteiger charge is 2.16. The van der Waals surface area contributed by atoms with Gasteiger partial charge in [-0.2, -0.15) is 0 Å². The summed E-state index contributed by atoms with van der Waals surface area (Å²) in [5.41, 5.74) is 0.388. The number of hydrogen-bond donors (Lipinski definition) is 2. The number of nitrogens with zero attached hydrogens (tertiary/aromatic N) is 2. The van der Waals surface area contributed by atoms with E-state index in [0.717, 1.165) is 16.2 Å². The Balaban J connectivity index is 2.37. The van der Waals surface area contributed by atoms with Crippen molar-refractivity contribution in [2.75, 3.05) is 0 Å². The highest BCUT2D eigenvalue weighted by molar-refractivity contribution is 14.1. The van der Waals surface area contributed by atoms with Crippen LogP contribution >= 0.6 is 50.3 Å². The molecular weight excluding hydrogens is 487 g/mol. The summed E-state index contributed by atoms with van der Waals surface area (Å²) in [6.07, 6.45) is 1.94. The van der Waals surface area contributed by atoms with Crippen molar-refractivity contribution in [3.8, 4) is 5.75 Å². The molecule has 9 heteroatoms. The highest BCUT2D eigenvalue weighted by atomic mass is 127. The van der Waals surface area contributed by atoms with E-state index in [1.165, 1.54) is 6.08 Å². The molecule has 1 heterocycles. The summed E-state index contributed by atoms with van der Waals surface area (Å²) in [5, 5.41) is 27.1. The van der Waals surface area contributed by atoms with Gasteiger partial charge in [-0.05, 0) is 52.6 Å². The van der Waals surface area contributed by atoms with Crippen molar-refractivity contribution in [2.24, 2.45) is 0 Å². The minimum absolute atomic E-state index is 0.0166. The molecule has 2 rings (SSSR count). The molecule has 116 valence electrons. The van der Waals surface area contributed by atoms with Crippen LogP contribution in [0, 0.1) is 3.57 Å². The molecule has 1 aromatic carbocycles. The number of thioether (sulfide) groups is 1. The van der Waals surface area contributed by atoms with Crippen LogP contribution < -0.4 is 0 Å². The molecule has 2 aromatic rings. The number of carbonyl (C=O) groups is 1. The Hall–Kier alpha value is -1.07. The summed E-state index contributed by atoms with van der Waals surface area (Å²) >= 11 is 6.12. The van der Waals surface area contributed by atoms with Crippen LogP contribution in [0.1, 0.15) is 18.4 Å². The van der Waals surface area contributed by atoms with Gasteiger partial charge < -0.3 is 14.6 Å². The molecule has 0 aliphatic carbocycles. The minimum atomic E-state index is -1.14. The Morgan fingerprint density at radius 1 is 1.50 bits per heavy atom. The molecule has 0 saturated carbocycles. The Morgan fingerprint density at radius 2 is 2.23 bits per heavy atom. The smallest absolute Gasteiger partial charge is 0.342 e. The number of rotatable bonds is 5. The van der Waals surface area contributed by atoms with Gasteiger partial charge in [-0.3, -0.25) is 0 Å². The summed E-state index contributed by atoms with van der Waals surface area (Å²) in [6.45, 7) is 1.86. The molecular formula is C13H10BrIN2O4S. The molecule has 0 amide bonds. The number of phenols is 1. The average molecular weight is 497 g/mol. The van der Waals surface area contributed by atoms with Gasteiger partial charge in [0.2, 0.25) is 5.89 Å². The van der Waals surface area contributed by atoms with Crippen molar-refractivity contribution in [1.29, 1.82) is 0 Å². The molecule has 0 aliphatic heterocycles. The van der Waals surface area contributed by atoms with Gasteiger partial charge >= 0.3 is 5.97 Å². The molecule has 0 fully saturated rings. The van der Waals surface area contributed by atoms with Gasteiger partial charge in [-0.1, -0.05) is 22.9 Å². The first-order chi connectivity index (χ1) is 10.4. The van der Waals surface area contributed by atoms with Gasteiger partial charge in [0.1, 0.15) is 10.7 Å². The Labute approximate surface area is 152 Å². The van der Waals surface area contributed by atoms with Crippen molar-refractivity contribution in [3.63, 3.8) is 0 Å². The van der Waals surface area contributed by atoms with Gasteiger partial charge in [0.25, 0.3) is 5.22 Å². The lowest BCUT2D eigenvalue weighted by Crippen LogP contribution is -1.97. The van der Waals surface area contributed by atoms with Gasteiger partial charge in [0.15, 0.2) is 0 Å². The molecule has 0 radical (unpaired) electrons. The van der Waals surface area contributed by atoms with E-state index in [0.29, 0.717) is 21.4 Å². The van der Waals surface area contributed by atoms with Crippen molar-refractivity contribution in [3.05, 3.63) is 36.5 Å². The summed E-state index contributed by atoms with van der Waals surface area (Å²) in [6, 6.07) is 3.36. The SMILES string of the molecule is CCc1nnc(S/C(=C\c2cc(Br)cc(I)c2O)C(=O)O)o1. The fourth-order valence-electron chi connectivity index (χ4n) is 1.49. The summed E-state index contributed by atoms with van der Waals surface area (Å²) in [4.78, 5) is 11.4. The molecule has 0 bridgehead atoms. The van der Waals surface area contributed by atoms with Crippen LogP contribution in [0.25, 0.3) is 6.08 Å². The first-order valence-corrected chi connectivity index (χ1v) is 8.72.